The third-order valence-electron chi connectivity index (χ3n) is 3.24. The molecule has 0 atom stereocenters. The number of aliphatic hydroxyl groups is 1. The number of nitrogens with one attached hydrogen (secondary N) is 1. The molecule has 0 unspecified atom stereocenters. The van der Waals surface area contributed by atoms with Crippen molar-refractivity contribution < 1.29 is 9.50 Å². The first-order valence-corrected chi connectivity index (χ1v) is 5.90. The first-order chi connectivity index (χ1) is 7.75. The van der Waals surface area contributed by atoms with E-state index in [1.165, 1.54) is 6.07 Å². The molecule has 1 aromatic carbocycles. The van der Waals surface area contributed by atoms with Crippen molar-refractivity contribution in [3.8, 4) is 0 Å². The molecular formula is C13H19ClFNO. The molecule has 0 radical (unpaired) electrons. The Labute approximate surface area is 108 Å². The van der Waals surface area contributed by atoms with Crippen LogP contribution >= 0.6 is 12.4 Å². The van der Waals surface area contributed by atoms with Gasteiger partial charge in [-0.05, 0) is 31.7 Å². The van der Waals surface area contributed by atoms with Crippen molar-refractivity contribution >= 4 is 12.4 Å². The van der Waals surface area contributed by atoms with E-state index in [-0.39, 0.29) is 24.3 Å². The van der Waals surface area contributed by atoms with Crippen LogP contribution in [0.3, 0.4) is 0 Å². The topological polar surface area (TPSA) is 32.3 Å². The van der Waals surface area contributed by atoms with Crippen molar-refractivity contribution in [3.63, 3.8) is 0 Å². The first-order valence-electron chi connectivity index (χ1n) is 5.90. The van der Waals surface area contributed by atoms with Gasteiger partial charge in [-0.2, -0.15) is 0 Å². The molecule has 0 amide bonds. The molecule has 2 rings (SSSR count). The van der Waals surface area contributed by atoms with E-state index in [0.29, 0.717) is 18.2 Å². The third kappa shape index (κ3) is 4.26. The van der Waals surface area contributed by atoms with E-state index in [9.17, 15) is 9.50 Å². The van der Waals surface area contributed by atoms with E-state index in [1.807, 2.05) is 6.07 Å². The predicted octanol–water partition coefficient (Wildman–Crippen LogP) is 2.64. The summed E-state index contributed by atoms with van der Waals surface area (Å²) in [7, 11) is 0. The molecule has 0 aromatic heterocycles. The second kappa shape index (κ2) is 6.94. The fourth-order valence-electron chi connectivity index (χ4n) is 2.18. The molecule has 1 fully saturated rings. The lowest BCUT2D eigenvalue weighted by Gasteiger charge is -2.26. The van der Waals surface area contributed by atoms with Gasteiger partial charge in [-0.3, -0.25) is 0 Å². The van der Waals surface area contributed by atoms with Crippen LogP contribution in [0.25, 0.3) is 0 Å². The maximum absolute atomic E-state index is 13.3. The van der Waals surface area contributed by atoms with Crippen LogP contribution in [0.1, 0.15) is 31.2 Å². The second-order valence-corrected chi connectivity index (χ2v) is 4.48. The Morgan fingerprint density at radius 1 is 1.18 bits per heavy atom. The van der Waals surface area contributed by atoms with Crippen molar-refractivity contribution in [3.05, 3.63) is 35.6 Å². The smallest absolute Gasteiger partial charge is 0.127 e. The third-order valence-corrected chi connectivity index (χ3v) is 3.24. The molecular weight excluding hydrogens is 241 g/mol. The normalized spacial score (nSPS) is 24.1. The number of benzene rings is 1. The zero-order valence-corrected chi connectivity index (χ0v) is 10.5. The van der Waals surface area contributed by atoms with Gasteiger partial charge in [-0.25, -0.2) is 4.39 Å². The molecule has 0 saturated heterocycles. The summed E-state index contributed by atoms with van der Waals surface area (Å²) in [6.45, 7) is 0.577. The van der Waals surface area contributed by atoms with Crippen molar-refractivity contribution in [2.24, 2.45) is 0 Å². The van der Waals surface area contributed by atoms with Crippen LogP contribution in [0.5, 0.6) is 0 Å². The van der Waals surface area contributed by atoms with Gasteiger partial charge in [-0.15, -0.1) is 12.4 Å². The number of halogens is 2. The molecule has 1 aliphatic carbocycles. The van der Waals surface area contributed by atoms with Crippen molar-refractivity contribution in [2.45, 2.75) is 44.4 Å². The summed E-state index contributed by atoms with van der Waals surface area (Å²) in [6, 6.07) is 7.27. The van der Waals surface area contributed by atoms with Crippen molar-refractivity contribution in [1.82, 2.24) is 5.32 Å². The van der Waals surface area contributed by atoms with Gasteiger partial charge < -0.3 is 10.4 Å². The Bertz CT molecular complexity index is 340. The summed E-state index contributed by atoms with van der Waals surface area (Å²) in [5.74, 6) is -0.147. The quantitative estimate of drug-likeness (QED) is 0.875. The van der Waals surface area contributed by atoms with Gasteiger partial charge in [0, 0.05) is 18.2 Å². The van der Waals surface area contributed by atoms with Gasteiger partial charge in [0.1, 0.15) is 5.82 Å². The van der Waals surface area contributed by atoms with Gasteiger partial charge in [0.2, 0.25) is 0 Å². The zero-order valence-electron chi connectivity index (χ0n) is 9.73. The maximum atomic E-state index is 13.3. The summed E-state index contributed by atoms with van der Waals surface area (Å²) in [4.78, 5) is 0. The van der Waals surface area contributed by atoms with Crippen LogP contribution in [0.4, 0.5) is 4.39 Å². The van der Waals surface area contributed by atoms with E-state index in [2.05, 4.69) is 5.32 Å². The Morgan fingerprint density at radius 3 is 2.47 bits per heavy atom. The number of rotatable bonds is 3. The summed E-state index contributed by atoms with van der Waals surface area (Å²) in [5, 5.41) is 12.7. The highest BCUT2D eigenvalue weighted by Gasteiger charge is 2.18. The minimum Gasteiger partial charge on any atom is -0.393 e. The predicted molar refractivity (Wildman–Crippen MR) is 68.8 cm³/mol. The number of aliphatic hydroxyl groups excluding tert-OH is 1. The molecule has 96 valence electrons. The van der Waals surface area contributed by atoms with Gasteiger partial charge in [0.15, 0.2) is 0 Å². The highest BCUT2D eigenvalue weighted by Crippen LogP contribution is 2.18. The van der Waals surface area contributed by atoms with Crippen LogP contribution in [0.15, 0.2) is 24.3 Å². The Kier molecular flexibility index (Phi) is 5.89. The lowest BCUT2D eigenvalue weighted by Crippen LogP contribution is -2.34. The Balaban J connectivity index is 0.00000144. The summed E-state index contributed by atoms with van der Waals surface area (Å²) in [6.07, 6.45) is 3.54. The maximum Gasteiger partial charge on any atom is 0.127 e. The molecule has 4 heteroatoms. The summed E-state index contributed by atoms with van der Waals surface area (Å²) in [5.41, 5.74) is 0.716. The van der Waals surface area contributed by atoms with Crippen LogP contribution in [0.2, 0.25) is 0 Å². The number of hydrogen-bond donors (Lipinski definition) is 2. The van der Waals surface area contributed by atoms with Gasteiger partial charge in [0.05, 0.1) is 6.10 Å². The highest BCUT2D eigenvalue weighted by atomic mass is 35.5. The molecule has 0 spiro atoms. The molecule has 2 N–H and O–H groups in total. The second-order valence-electron chi connectivity index (χ2n) is 4.48. The monoisotopic (exact) mass is 259 g/mol. The van der Waals surface area contributed by atoms with E-state index in [4.69, 9.17) is 0 Å². The minimum absolute atomic E-state index is 0. The van der Waals surface area contributed by atoms with Crippen LogP contribution in [0, 0.1) is 5.82 Å². The standard InChI is InChI=1S/C13H18FNO.ClH/c14-13-4-2-1-3-10(13)9-15-11-5-7-12(16)8-6-11;/h1-4,11-12,15-16H,5-9H2;1H. The van der Waals surface area contributed by atoms with Crippen LogP contribution in [-0.2, 0) is 6.54 Å². The largest absolute Gasteiger partial charge is 0.393 e. The van der Waals surface area contributed by atoms with Gasteiger partial charge in [-0.1, -0.05) is 18.2 Å². The van der Waals surface area contributed by atoms with Crippen LogP contribution < -0.4 is 5.32 Å². The lowest BCUT2D eigenvalue weighted by molar-refractivity contribution is 0.116. The number of hydrogen-bond acceptors (Lipinski definition) is 2. The van der Waals surface area contributed by atoms with Crippen molar-refractivity contribution in [2.75, 3.05) is 0 Å². The average Bonchev–Trinajstić information content (AvgIpc) is 2.30. The molecule has 0 aliphatic heterocycles. The summed E-state index contributed by atoms with van der Waals surface area (Å²) >= 11 is 0. The zero-order chi connectivity index (χ0) is 11.4. The molecule has 1 saturated carbocycles. The Morgan fingerprint density at radius 2 is 1.82 bits per heavy atom. The minimum atomic E-state index is -0.147. The molecule has 2 nitrogen and oxygen atoms in total. The molecule has 0 heterocycles. The van der Waals surface area contributed by atoms with E-state index in [0.717, 1.165) is 25.7 Å². The highest BCUT2D eigenvalue weighted by molar-refractivity contribution is 5.85. The van der Waals surface area contributed by atoms with Crippen LogP contribution in [-0.4, -0.2) is 17.3 Å². The lowest BCUT2D eigenvalue weighted by atomic mass is 9.93. The van der Waals surface area contributed by atoms with Crippen molar-refractivity contribution in [1.29, 1.82) is 0 Å². The fraction of sp³-hybridized carbons (Fsp3) is 0.538. The van der Waals surface area contributed by atoms with E-state index >= 15 is 0 Å². The fourth-order valence-corrected chi connectivity index (χ4v) is 2.18. The van der Waals surface area contributed by atoms with E-state index in [1.54, 1.807) is 12.1 Å². The Hall–Kier alpha value is -0.640. The molecule has 0 bridgehead atoms. The molecule has 1 aromatic rings. The first kappa shape index (κ1) is 14.4. The summed E-state index contributed by atoms with van der Waals surface area (Å²) < 4.78 is 13.3. The van der Waals surface area contributed by atoms with Gasteiger partial charge >= 0.3 is 0 Å². The average molecular weight is 260 g/mol. The van der Waals surface area contributed by atoms with E-state index < -0.39 is 0 Å². The molecule has 17 heavy (non-hydrogen) atoms. The SMILES string of the molecule is Cl.OC1CCC(NCc2ccccc2F)CC1. The van der Waals surface area contributed by atoms with Gasteiger partial charge in [0.25, 0.3) is 0 Å². The molecule has 1 aliphatic rings.